The Morgan fingerprint density at radius 2 is 1.92 bits per heavy atom. The van der Waals surface area contributed by atoms with Crippen LogP contribution in [0.15, 0.2) is 0 Å². The maximum atomic E-state index is 8.69. The van der Waals surface area contributed by atoms with Gasteiger partial charge in [-0.15, -0.1) is 0 Å². The topological polar surface area (TPSA) is 29.5 Å². The predicted molar refractivity (Wildman–Crippen MR) is 49.1 cm³/mol. The highest BCUT2D eigenvalue weighted by Crippen LogP contribution is 2.48. The molecule has 1 fully saturated rings. The number of aliphatic hydroxyl groups is 1. The Hall–Kier alpha value is -0.0800. The minimum atomic E-state index is 0.0513. The summed E-state index contributed by atoms with van der Waals surface area (Å²) in [4.78, 5) is 0. The molecule has 0 aliphatic heterocycles. The second-order valence-electron chi connectivity index (χ2n) is 4.67. The van der Waals surface area contributed by atoms with Gasteiger partial charge in [-0.25, -0.2) is 0 Å². The lowest BCUT2D eigenvalue weighted by Crippen LogP contribution is -2.51. The lowest BCUT2D eigenvalue weighted by Gasteiger charge is -2.51. The first kappa shape index (κ1) is 10.0. The van der Waals surface area contributed by atoms with Gasteiger partial charge in [-0.2, -0.15) is 0 Å². The fourth-order valence-electron chi connectivity index (χ4n) is 1.85. The van der Waals surface area contributed by atoms with Crippen LogP contribution in [0, 0.1) is 5.41 Å². The van der Waals surface area contributed by atoms with Crippen LogP contribution in [-0.2, 0) is 4.74 Å². The molecule has 1 N–H and O–H groups in total. The van der Waals surface area contributed by atoms with Gasteiger partial charge in [0.1, 0.15) is 0 Å². The summed E-state index contributed by atoms with van der Waals surface area (Å²) in [7, 11) is 0. The first-order valence-corrected chi connectivity index (χ1v) is 4.77. The molecule has 0 aromatic rings. The smallest absolute Gasteiger partial charge is 0.0731 e. The molecule has 0 aromatic heterocycles. The minimum Gasteiger partial charge on any atom is -0.394 e. The average Bonchev–Trinajstić information content (AvgIpc) is 1.82. The molecule has 0 bridgehead atoms. The molecule has 2 nitrogen and oxygen atoms in total. The Balaban J connectivity index is 2.51. The van der Waals surface area contributed by atoms with Crippen LogP contribution in [-0.4, -0.2) is 23.9 Å². The van der Waals surface area contributed by atoms with Crippen molar-refractivity contribution in [2.24, 2.45) is 5.41 Å². The standard InChI is InChI=1S/C10H20O2/c1-9(2,3)10(5-4-6-10)12-8-7-11/h11H,4-8H2,1-3H3. The third-order valence-corrected chi connectivity index (χ3v) is 3.00. The molecule has 0 spiro atoms. The van der Waals surface area contributed by atoms with Crippen molar-refractivity contribution in [3.05, 3.63) is 0 Å². The summed E-state index contributed by atoms with van der Waals surface area (Å²) in [6.07, 6.45) is 3.57. The van der Waals surface area contributed by atoms with Crippen molar-refractivity contribution in [2.45, 2.75) is 45.6 Å². The summed E-state index contributed by atoms with van der Waals surface area (Å²) in [5.41, 5.74) is 0.260. The highest BCUT2D eigenvalue weighted by atomic mass is 16.5. The number of ether oxygens (including phenoxy) is 1. The monoisotopic (exact) mass is 172 g/mol. The van der Waals surface area contributed by atoms with Gasteiger partial charge < -0.3 is 9.84 Å². The summed E-state index contributed by atoms with van der Waals surface area (Å²) in [6, 6.07) is 0. The van der Waals surface area contributed by atoms with Gasteiger partial charge in [0.25, 0.3) is 0 Å². The van der Waals surface area contributed by atoms with E-state index >= 15 is 0 Å². The predicted octanol–water partition coefficient (Wildman–Crippen LogP) is 1.96. The van der Waals surface area contributed by atoms with Crippen molar-refractivity contribution in [2.75, 3.05) is 13.2 Å². The van der Waals surface area contributed by atoms with Crippen LogP contribution in [0.1, 0.15) is 40.0 Å². The van der Waals surface area contributed by atoms with Crippen LogP contribution < -0.4 is 0 Å². The van der Waals surface area contributed by atoms with Gasteiger partial charge >= 0.3 is 0 Å². The highest BCUT2D eigenvalue weighted by Gasteiger charge is 2.47. The second-order valence-corrected chi connectivity index (χ2v) is 4.67. The van der Waals surface area contributed by atoms with Crippen LogP contribution in [0.4, 0.5) is 0 Å². The molecule has 72 valence electrons. The number of aliphatic hydroxyl groups excluding tert-OH is 1. The quantitative estimate of drug-likeness (QED) is 0.705. The van der Waals surface area contributed by atoms with E-state index in [-0.39, 0.29) is 17.6 Å². The molecule has 0 unspecified atom stereocenters. The first-order valence-electron chi connectivity index (χ1n) is 4.77. The van der Waals surface area contributed by atoms with Gasteiger partial charge in [-0.3, -0.25) is 0 Å². The molecule has 0 amide bonds. The zero-order chi connectivity index (χ0) is 9.24. The fourth-order valence-corrected chi connectivity index (χ4v) is 1.85. The molecule has 12 heavy (non-hydrogen) atoms. The Kier molecular flexibility index (Phi) is 2.79. The van der Waals surface area contributed by atoms with Gasteiger partial charge in [0, 0.05) is 0 Å². The van der Waals surface area contributed by atoms with Crippen molar-refractivity contribution < 1.29 is 9.84 Å². The summed E-state index contributed by atoms with van der Waals surface area (Å²) >= 11 is 0. The van der Waals surface area contributed by atoms with E-state index < -0.39 is 0 Å². The molecule has 1 rings (SSSR count). The van der Waals surface area contributed by atoms with E-state index in [2.05, 4.69) is 20.8 Å². The highest BCUT2D eigenvalue weighted by molar-refractivity contribution is 4.98. The van der Waals surface area contributed by atoms with Gasteiger partial charge in [-0.05, 0) is 24.7 Å². The molecule has 1 aliphatic rings. The summed E-state index contributed by atoms with van der Waals surface area (Å²) in [5, 5.41) is 8.69. The van der Waals surface area contributed by atoms with Crippen molar-refractivity contribution in [1.82, 2.24) is 0 Å². The van der Waals surface area contributed by atoms with E-state index in [0.717, 1.165) is 12.8 Å². The average molecular weight is 172 g/mol. The van der Waals surface area contributed by atoms with E-state index in [0.29, 0.717) is 6.61 Å². The maximum absolute atomic E-state index is 8.69. The van der Waals surface area contributed by atoms with Gasteiger partial charge in [0.05, 0.1) is 18.8 Å². The molecule has 0 aromatic carbocycles. The van der Waals surface area contributed by atoms with Crippen molar-refractivity contribution in [3.8, 4) is 0 Å². The van der Waals surface area contributed by atoms with Crippen LogP contribution >= 0.6 is 0 Å². The van der Waals surface area contributed by atoms with Crippen LogP contribution in [0.2, 0.25) is 0 Å². The molecular weight excluding hydrogens is 152 g/mol. The van der Waals surface area contributed by atoms with Crippen molar-refractivity contribution in [1.29, 1.82) is 0 Å². The third kappa shape index (κ3) is 1.64. The lowest BCUT2D eigenvalue weighted by atomic mass is 9.64. The van der Waals surface area contributed by atoms with E-state index in [1.165, 1.54) is 6.42 Å². The molecule has 0 saturated heterocycles. The molecule has 1 saturated carbocycles. The second kappa shape index (κ2) is 3.35. The van der Waals surface area contributed by atoms with E-state index in [9.17, 15) is 0 Å². The SMILES string of the molecule is CC(C)(C)C1(OCCO)CCC1. The molecule has 2 heteroatoms. The summed E-state index contributed by atoms with van der Waals surface area (Å²) in [6.45, 7) is 7.26. The van der Waals surface area contributed by atoms with Crippen LogP contribution in [0.3, 0.4) is 0 Å². The zero-order valence-electron chi connectivity index (χ0n) is 8.39. The Morgan fingerprint density at radius 3 is 2.17 bits per heavy atom. The Morgan fingerprint density at radius 1 is 1.33 bits per heavy atom. The molecule has 0 heterocycles. The normalized spacial score (nSPS) is 22.0. The van der Waals surface area contributed by atoms with Crippen LogP contribution in [0.25, 0.3) is 0 Å². The number of rotatable bonds is 3. The van der Waals surface area contributed by atoms with E-state index in [1.54, 1.807) is 0 Å². The van der Waals surface area contributed by atoms with Gasteiger partial charge in [0.2, 0.25) is 0 Å². The van der Waals surface area contributed by atoms with E-state index in [4.69, 9.17) is 9.84 Å². The summed E-state index contributed by atoms with van der Waals surface area (Å²) in [5.74, 6) is 0. The lowest BCUT2D eigenvalue weighted by molar-refractivity contribution is -0.170. The van der Waals surface area contributed by atoms with Gasteiger partial charge in [0.15, 0.2) is 0 Å². The van der Waals surface area contributed by atoms with Crippen LogP contribution in [0.5, 0.6) is 0 Å². The molecule has 1 aliphatic carbocycles. The maximum Gasteiger partial charge on any atom is 0.0731 e. The van der Waals surface area contributed by atoms with E-state index in [1.807, 2.05) is 0 Å². The summed E-state index contributed by atoms with van der Waals surface area (Å²) < 4.78 is 5.73. The number of hydrogen-bond acceptors (Lipinski definition) is 2. The molecule has 0 radical (unpaired) electrons. The molecular formula is C10H20O2. The Labute approximate surface area is 74.9 Å². The van der Waals surface area contributed by atoms with Crippen molar-refractivity contribution in [3.63, 3.8) is 0 Å². The van der Waals surface area contributed by atoms with Gasteiger partial charge in [-0.1, -0.05) is 20.8 Å². The largest absolute Gasteiger partial charge is 0.394 e. The number of hydrogen-bond donors (Lipinski definition) is 1. The first-order chi connectivity index (χ1) is 5.52. The van der Waals surface area contributed by atoms with Crippen molar-refractivity contribution >= 4 is 0 Å². The Bertz CT molecular complexity index is 142. The minimum absolute atomic E-state index is 0.0513. The zero-order valence-corrected chi connectivity index (χ0v) is 8.39. The molecule has 0 atom stereocenters. The fraction of sp³-hybridized carbons (Fsp3) is 1.00. The third-order valence-electron chi connectivity index (χ3n) is 3.00.